The van der Waals surface area contributed by atoms with Crippen molar-refractivity contribution in [3.05, 3.63) is 29.6 Å². The molecule has 0 aromatic heterocycles. The summed E-state index contributed by atoms with van der Waals surface area (Å²) >= 11 is 0. The van der Waals surface area contributed by atoms with Crippen LogP contribution in [0.25, 0.3) is 0 Å². The number of amides is 1. The van der Waals surface area contributed by atoms with E-state index >= 15 is 0 Å². The zero-order valence-corrected chi connectivity index (χ0v) is 14.8. The molecule has 0 aliphatic carbocycles. The third-order valence-electron chi connectivity index (χ3n) is 5.25. The molecule has 1 atom stereocenters. The molecule has 1 aromatic rings. The van der Waals surface area contributed by atoms with Gasteiger partial charge in [0.1, 0.15) is 11.6 Å². The zero-order chi connectivity index (χ0) is 17.9. The summed E-state index contributed by atoms with van der Waals surface area (Å²) in [6.45, 7) is 2.94. The van der Waals surface area contributed by atoms with Gasteiger partial charge in [0.15, 0.2) is 5.60 Å². The van der Waals surface area contributed by atoms with E-state index in [-0.39, 0.29) is 18.3 Å². The number of ether oxygens (including phenoxy) is 1. The molecule has 3 rings (SSSR count). The predicted octanol–water partition coefficient (Wildman–Crippen LogP) is 2.17. The average Bonchev–Trinajstić information content (AvgIpc) is 2.62. The highest BCUT2D eigenvalue weighted by Gasteiger charge is 2.43. The van der Waals surface area contributed by atoms with Crippen molar-refractivity contribution in [2.45, 2.75) is 44.2 Å². The Morgan fingerprint density at radius 1 is 1.20 bits per heavy atom. The summed E-state index contributed by atoms with van der Waals surface area (Å²) in [6, 6.07) is 4.52. The van der Waals surface area contributed by atoms with Crippen LogP contribution in [0.5, 0.6) is 5.75 Å². The molecule has 25 heavy (non-hydrogen) atoms. The number of hydrogen-bond acceptors (Lipinski definition) is 4. The molecule has 2 saturated heterocycles. The van der Waals surface area contributed by atoms with Crippen LogP contribution >= 0.6 is 0 Å². The molecule has 138 valence electrons. The Kier molecular flexibility index (Phi) is 5.59. The van der Waals surface area contributed by atoms with Gasteiger partial charge in [-0.25, -0.2) is 4.39 Å². The predicted molar refractivity (Wildman–Crippen MR) is 92.8 cm³/mol. The SMILES string of the molecule is COc1ccc(F)c(CN2CCC[C@@](O)(CN3CCCCC3)C2=O)c1. The van der Waals surface area contributed by atoms with Crippen molar-refractivity contribution >= 4 is 5.91 Å². The lowest BCUT2D eigenvalue weighted by Crippen LogP contribution is -2.58. The van der Waals surface area contributed by atoms with E-state index in [1.807, 2.05) is 0 Å². The van der Waals surface area contributed by atoms with Gasteiger partial charge in [-0.15, -0.1) is 0 Å². The van der Waals surface area contributed by atoms with Crippen molar-refractivity contribution < 1.29 is 19.0 Å². The van der Waals surface area contributed by atoms with Crippen LogP contribution in [0.1, 0.15) is 37.7 Å². The molecule has 2 fully saturated rings. The van der Waals surface area contributed by atoms with Crippen molar-refractivity contribution in [3.8, 4) is 5.75 Å². The topological polar surface area (TPSA) is 53.0 Å². The molecular formula is C19H27FN2O3. The fourth-order valence-corrected chi connectivity index (χ4v) is 3.86. The Morgan fingerprint density at radius 3 is 2.68 bits per heavy atom. The number of hydrogen-bond donors (Lipinski definition) is 1. The quantitative estimate of drug-likeness (QED) is 0.884. The second-order valence-corrected chi connectivity index (χ2v) is 7.16. The van der Waals surface area contributed by atoms with Gasteiger partial charge in [0.05, 0.1) is 7.11 Å². The summed E-state index contributed by atoms with van der Waals surface area (Å²) in [5.74, 6) is -0.0882. The number of rotatable bonds is 5. The standard InChI is InChI=1S/C19H27FN2O3/c1-25-16-6-7-17(20)15(12-16)13-22-11-5-8-19(24,18(22)23)14-21-9-3-2-4-10-21/h6-7,12,24H,2-5,8-11,13-14H2,1H3/t19-/m1/s1. The number of benzene rings is 1. The zero-order valence-electron chi connectivity index (χ0n) is 14.8. The highest BCUT2D eigenvalue weighted by Crippen LogP contribution is 2.27. The third kappa shape index (κ3) is 4.12. The number of β-amino-alcohol motifs (C(OH)–C–C–N with tert-alkyl or cyclic N) is 1. The molecule has 1 N–H and O–H groups in total. The van der Waals surface area contributed by atoms with Gasteiger partial charge in [-0.3, -0.25) is 9.69 Å². The minimum absolute atomic E-state index is 0.157. The molecule has 1 amide bonds. The van der Waals surface area contributed by atoms with Crippen molar-refractivity contribution in [1.82, 2.24) is 9.80 Å². The monoisotopic (exact) mass is 350 g/mol. The first-order chi connectivity index (χ1) is 12.0. The number of piperidine rings is 2. The molecule has 0 bridgehead atoms. The molecule has 5 nitrogen and oxygen atoms in total. The van der Waals surface area contributed by atoms with Crippen LogP contribution in [0, 0.1) is 5.82 Å². The van der Waals surface area contributed by atoms with Crippen LogP contribution in [0.15, 0.2) is 18.2 Å². The fourth-order valence-electron chi connectivity index (χ4n) is 3.86. The molecule has 0 spiro atoms. The van der Waals surface area contributed by atoms with E-state index in [0.29, 0.717) is 30.8 Å². The molecule has 6 heteroatoms. The molecule has 0 radical (unpaired) electrons. The Balaban J connectivity index is 1.71. The van der Waals surface area contributed by atoms with Gasteiger partial charge in [0, 0.05) is 25.2 Å². The molecule has 2 heterocycles. The van der Waals surface area contributed by atoms with Gasteiger partial charge in [-0.1, -0.05) is 6.42 Å². The molecule has 2 aliphatic rings. The maximum Gasteiger partial charge on any atom is 0.256 e. The Hall–Kier alpha value is -1.66. The summed E-state index contributed by atoms with van der Waals surface area (Å²) in [6.07, 6.45) is 4.64. The van der Waals surface area contributed by atoms with E-state index in [1.54, 1.807) is 17.0 Å². The number of carbonyl (C=O) groups excluding carboxylic acids is 1. The highest BCUT2D eigenvalue weighted by atomic mass is 19.1. The summed E-state index contributed by atoms with van der Waals surface area (Å²) in [5, 5.41) is 11.0. The second kappa shape index (κ2) is 7.70. The van der Waals surface area contributed by atoms with Crippen LogP contribution in [0.2, 0.25) is 0 Å². The number of likely N-dealkylation sites (tertiary alicyclic amines) is 2. The normalized spacial score (nSPS) is 25.2. The van der Waals surface area contributed by atoms with Gasteiger partial charge in [0.25, 0.3) is 5.91 Å². The first kappa shape index (κ1) is 18.1. The minimum atomic E-state index is -1.36. The lowest BCUT2D eigenvalue weighted by atomic mass is 9.90. The van der Waals surface area contributed by atoms with E-state index in [4.69, 9.17) is 4.74 Å². The van der Waals surface area contributed by atoms with E-state index in [2.05, 4.69) is 4.90 Å². The second-order valence-electron chi connectivity index (χ2n) is 7.16. The number of aliphatic hydroxyl groups is 1. The van der Waals surface area contributed by atoms with Crippen molar-refractivity contribution in [2.75, 3.05) is 33.3 Å². The number of methoxy groups -OCH3 is 1. The highest BCUT2D eigenvalue weighted by molar-refractivity contribution is 5.86. The largest absolute Gasteiger partial charge is 0.497 e. The van der Waals surface area contributed by atoms with Crippen LogP contribution in [0.4, 0.5) is 4.39 Å². The minimum Gasteiger partial charge on any atom is -0.497 e. The summed E-state index contributed by atoms with van der Waals surface area (Å²) in [4.78, 5) is 16.6. The number of halogens is 1. The van der Waals surface area contributed by atoms with E-state index in [1.165, 1.54) is 19.6 Å². The molecular weight excluding hydrogens is 323 g/mol. The molecule has 1 aromatic carbocycles. The van der Waals surface area contributed by atoms with Crippen molar-refractivity contribution in [2.24, 2.45) is 0 Å². The van der Waals surface area contributed by atoms with E-state index in [0.717, 1.165) is 32.4 Å². The summed E-state index contributed by atoms with van der Waals surface area (Å²) in [7, 11) is 1.53. The Bertz CT molecular complexity index is 619. The first-order valence-corrected chi connectivity index (χ1v) is 9.08. The summed E-state index contributed by atoms with van der Waals surface area (Å²) < 4.78 is 19.2. The van der Waals surface area contributed by atoms with E-state index in [9.17, 15) is 14.3 Å². The maximum absolute atomic E-state index is 14.1. The fraction of sp³-hybridized carbons (Fsp3) is 0.632. The lowest BCUT2D eigenvalue weighted by Gasteiger charge is -2.41. The number of carbonyl (C=O) groups is 1. The smallest absolute Gasteiger partial charge is 0.256 e. The van der Waals surface area contributed by atoms with Crippen LogP contribution in [0.3, 0.4) is 0 Å². The van der Waals surface area contributed by atoms with Crippen LogP contribution in [-0.4, -0.2) is 59.7 Å². The van der Waals surface area contributed by atoms with Crippen LogP contribution < -0.4 is 4.74 Å². The molecule has 0 saturated carbocycles. The lowest BCUT2D eigenvalue weighted by molar-refractivity contribution is -0.160. The van der Waals surface area contributed by atoms with Gasteiger partial charge in [-0.2, -0.15) is 0 Å². The Morgan fingerprint density at radius 2 is 1.96 bits per heavy atom. The van der Waals surface area contributed by atoms with Crippen molar-refractivity contribution in [3.63, 3.8) is 0 Å². The van der Waals surface area contributed by atoms with Gasteiger partial charge in [0.2, 0.25) is 0 Å². The first-order valence-electron chi connectivity index (χ1n) is 9.08. The summed E-state index contributed by atoms with van der Waals surface area (Å²) in [5.41, 5.74) is -0.944. The van der Waals surface area contributed by atoms with Gasteiger partial charge < -0.3 is 14.7 Å². The van der Waals surface area contributed by atoms with E-state index < -0.39 is 5.60 Å². The van der Waals surface area contributed by atoms with Gasteiger partial charge >= 0.3 is 0 Å². The van der Waals surface area contributed by atoms with Gasteiger partial charge in [-0.05, 0) is 57.0 Å². The number of nitrogens with zero attached hydrogens (tertiary/aromatic N) is 2. The Labute approximate surface area is 148 Å². The molecule has 2 aliphatic heterocycles. The van der Waals surface area contributed by atoms with Crippen LogP contribution in [-0.2, 0) is 11.3 Å². The maximum atomic E-state index is 14.1. The van der Waals surface area contributed by atoms with Crippen molar-refractivity contribution in [1.29, 1.82) is 0 Å². The average molecular weight is 350 g/mol. The third-order valence-corrected chi connectivity index (χ3v) is 5.25. The molecule has 0 unspecified atom stereocenters.